The highest BCUT2D eigenvalue weighted by Gasteiger charge is 2.34. The quantitative estimate of drug-likeness (QED) is 0.164. The van der Waals surface area contributed by atoms with E-state index in [0.717, 1.165) is 11.1 Å². The zero-order valence-corrected chi connectivity index (χ0v) is 30.6. The third-order valence-corrected chi connectivity index (χ3v) is 9.38. The minimum Gasteiger partial charge on any atom is -0.490 e. The van der Waals surface area contributed by atoms with E-state index in [4.69, 9.17) is 18.9 Å². The summed E-state index contributed by atoms with van der Waals surface area (Å²) in [4.78, 5) is 44.3. The predicted octanol–water partition coefficient (Wildman–Crippen LogP) is 5.85. The van der Waals surface area contributed by atoms with Crippen molar-refractivity contribution in [3.8, 4) is 17.2 Å². The van der Waals surface area contributed by atoms with E-state index in [0.29, 0.717) is 60.0 Å². The minimum absolute atomic E-state index is 0.145. The second-order valence-corrected chi connectivity index (χ2v) is 13.1. The van der Waals surface area contributed by atoms with Crippen LogP contribution in [-0.2, 0) is 25.7 Å². The summed E-state index contributed by atoms with van der Waals surface area (Å²) in [5.41, 5.74) is 2.67. The average molecular weight is 801 g/mol. The van der Waals surface area contributed by atoms with Gasteiger partial charge in [-0.05, 0) is 99.7 Å². The Balaban J connectivity index is 1.58. The molecule has 1 aliphatic heterocycles. The lowest BCUT2D eigenvalue weighted by atomic mass is 9.95. The van der Waals surface area contributed by atoms with Crippen LogP contribution in [0.4, 0.5) is 0 Å². The van der Waals surface area contributed by atoms with E-state index in [1.807, 2.05) is 49.4 Å². The Hall–Kier alpha value is -4.20. The second-order valence-electron chi connectivity index (χ2n) is 10.4. The summed E-state index contributed by atoms with van der Waals surface area (Å²) in [6, 6.07) is 17.8. The largest absolute Gasteiger partial charge is 0.490 e. The van der Waals surface area contributed by atoms with Gasteiger partial charge in [0, 0.05) is 0 Å². The lowest BCUT2D eigenvalue weighted by Gasteiger charge is -2.25. The van der Waals surface area contributed by atoms with Gasteiger partial charge in [0.1, 0.15) is 12.4 Å². The van der Waals surface area contributed by atoms with Gasteiger partial charge in [-0.15, -0.1) is 0 Å². The van der Waals surface area contributed by atoms with E-state index < -0.39 is 18.0 Å². The number of fused-ring (bicyclic) bond motifs is 1. The van der Waals surface area contributed by atoms with E-state index in [1.54, 1.807) is 38.1 Å². The zero-order valence-electron chi connectivity index (χ0n) is 26.6. The number of ether oxygens (including phenoxy) is 5. The summed E-state index contributed by atoms with van der Waals surface area (Å²) < 4.78 is 31.0. The van der Waals surface area contributed by atoms with Gasteiger partial charge in [0.2, 0.25) is 0 Å². The molecule has 0 saturated carbocycles. The maximum absolute atomic E-state index is 14.2. The molecule has 0 amide bonds. The van der Waals surface area contributed by atoms with Crippen LogP contribution in [-0.4, -0.2) is 43.4 Å². The van der Waals surface area contributed by atoms with E-state index in [2.05, 4.69) is 41.6 Å². The first-order chi connectivity index (χ1) is 23.1. The third kappa shape index (κ3) is 7.74. The van der Waals surface area contributed by atoms with E-state index in [9.17, 15) is 14.4 Å². The van der Waals surface area contributed by atoms with Crippen molar-refractivity contribution < 1.29 is 33.3 Å². The highest BCUT2D eigenvalue weighted by atomic mass is 79.9. The number of hydrogen-bond acceptors (Lipinski definition) is 10. The molecular formula is C35H32Br2N2O8S. The van der Waals surface area contributed by atoms with Crippen LogP contribution in [0.25, 0.3) is 6.08 Å². The number of halogens is 2. The molecule has 250 valence electrons. The monoisotopic (exact) mass is 798 g/mol. The maximum atomic E-state index is 14.2. The molecule has 5 rings (SSSR count). The Kier molecular flexibility index (Phi) is 11.6. The lowest BCUT2D eigenvalue weighted by molar-refractivity contribution is -0.143. The van der Waals surface area contributed by atoms with Gasteiger partial charge in [0.15, 0.2) is 22.9 Å². The standard InChI is InChI=1S/C35H32Br2N2O8S/c1-5-44-27-17-23(12-13-26(27)46-19-29(40)43-4)31-30(34(42)45-6-2)20(3)38-35-39(31)33(41)28(48-35)16-22-14-24(36)32(25(37)15-22)47-18-21-10-8-7-9-11-21/h7-17,31H,5-6,18-19H2,1-4H3/b28-16-/t31-/m1/s1. The highest BCUT2D eigenvalue weighted by Crippen LogP contribution is 2.37. The molecule has 4 aromatic rings. The number of nitrogens with zero attached hydrogens (tertiary/aromatic N) is 2. The van der Waals surface area contributed by atoms with Crippen LogP contribution in [0.15, 0.2) is 90.7 Å². The first-order valence-corrected chi connectivity index (χ1v) is 17.4. The summed E-state index contributed by atoms with van der Waals surface area (Å²) in [5, 5.41) is 0. The second kappa shape index (κ2) is 15.8. The van der Waals surface area contributed by atoms with Gasteiger partial charge in [-0.1, -0.05) is 47.7 Å². The molecule has 1 aliphatic rings. The number of allylic oxidation sites excluding steroid dienone is 1. The fraction of sp³-hybridized carbons (Fsp3) is 0.257. The van der Waals surface area contributed by atoms with Crippen LogP contribution in [0.1, 0.15) is 43.5 Å². The molecule has 0 fully saturated rings. The molecule has 0 saturated heterocycles. The number of rotatable bonds is 12. The van der Waals surface area contributed by atoms with Crippen LogP contribution >= 0.6 is 43.2 Å². The van der Waals surface area contributed by atoms with Crippen molar-refractivity contribution in [1.29, 1.82) is 0 Å². The molecule has 1 atom stereocenters. The molecule has 0 N–H and O–H groups in total. The van der Waals surface area contributed by atoms with Gasteiger partial charge in [0.05, 0.1) is 51.1 Å². The summed E-state index contributed by atoms with van der Waals surface area (Å²) in [6.45, 7) is 5.77. The average Bonchev–Trinajstić information content (AvgIpc) is 3.37. The van der Waals surface area contributed by atoms with Crippen LogP contribution < -0.4 is 29.1 Å². The molecule has 0 spiro atoms. The summed E-state index contributed by atoms with van der Waals surface area (Å²) in [5.74, 6) is 0.148. The number of carbonyl (C=O) groups excluding carboxylic acids is 2. The molecule has 0 unspecified atom stereocenters. The summed E-state index contributed by atoms with van der Waals surface area (Å²) in [7, 11) is 1.27. The number of esters is 2. The van der Waals surface area contributed by atoms with Crippen LogP contribution in [0, 0.1) is 0 Å². The molecule has 0 bridgehead atoms. The van der Waals surface area contributed by atoms with Gasteiger partial charge in [-0.25, -0.2) is 14.6 Å². The maximum Gasteiger partial charge on any atom is 0.343 e. The Bertz CT molecular complexity index is 2030. The topological polar surface area (TPSA) is 115 Å². The predicted molar refractivity (Wildman–Crippen MR) is 188 cm³/mol. The van der Waals surface area contributed by atoms with Crippen molar-refractivity contribution in [3.63, 3.8) is 0 Å². The van der Waals surface area contributed by atoms with Crippen LogP contribution in [0.5, 0.6) is 17.2 Å². The van der Waals surface area contributed by atoms with Gasteiger partial charge in [0.25, 0.3) is 5.56 Å². The summed E-state index contributed by atoms with van der Waals surface area (Å²) >= 11 is 8.45. The molecule has 2 heterocycles. The van der Waals surface area contributed by atoms with Crippen molar-refractivity contribution in [2.24, 2.45) is 4.99 Å². The van der Waals surface area contributed by atoms with Crippen molar-refractivity contribution >= 4 is 61.2 Å². The van der Waals surface area contributed by atoms with Gasteiger partial charge < -0.3 is 23.7 Å². The fourth-order valence-corrected chi connectivity index (χ4v) is 7.56. The molecule has 0 radical (unpaired) electrons. The van der Waals surface area contributed by atoms with E-state index in [1.165, 1.54) is 23.0 Å². The molecule has 3 aromatic carbocycles. The highest BCUT2D eigenvalue weighted by molar-refractivity contribution is 9.11. The molecule has 13 heteroatoms. The van der Waals surface area contributed by atoms with Crippen LogP contribution in [0.3, 0.4) is 0 Å². The van der Waals surface area contributed by atoms with Crippen molar-refractivity contribution in [2.75, 3.05) is 26.9 Å². The molecular weight excluding hydrogens is 768 g/mol. The molecule has 10 nitrogen and oxygen atoms in total. The normalized spacial score (nSPS) is 14.2. The number of thiazole rings is 1. The minimum atomic E-state index is -0.872. The lowest BCUT2D eigenvalue weighted by Crippen LogP contribution is -2.40. The van der Waals surface area contributed by atoms with E-state index >= 15 is 0 Å². The Labute approximate surface area is 297 Å². The number of carbonyl (C=O) groups is 2. The third-order valence-electron chi connectivity index (χ3n) is 7.22. The molecule has 48 heavy (non-hydrogen) atoms. The zero-order chi connectivity index (χ0) is 34.4. The first-order valence-electron chi connectivity index (χ1n) is 15.0. The van der Waals surface area contributed by atoms with Crippen molar-refractivity contribution in [1.82, 2.24) is 4.57 Å². The molecule has 0 aliphatic carbocycles. The Morgan fingerprint density at radius 1 is 0.958 bits per heavy atom. The Morgan fingerprint density at radius 3 is 2.35 bits per heavy atom. The number of hydrogen-bond donors (Lipinski definition) is 0. The fourth-order valence-electron chi connectivity index (χ4n) is 5.07. The number of methoxy groups -OCH3 is 1. The summed E-state index contributed by atoms with van der Waals surface area (Å²) in [6.07, 6.45) is 1.77. The van der Waals surface area contributed by atoms with Gasteiger partial charge in [-0.3, -0.25) is 9.36 Å². The first kappa shape index (κ1) is 35.1. The SMILES string of the molecule is CCOC(=O)C1=C(C)N=c2s/c(=C\c3cc(Br)c(OCc4ccccc4)c(Br)c3)c(=O)n2[C@@H]1c1ccc(OCC(=O)OC)c(OCC)c1. The molecule has 1 aromatic heterocycles. The van der Waals surface area contributed by atoms with Gasteiger partial charge in [-0.2, -0.15) is 0 Å². The number of benzene rings is 3. The van der Waals surface area contributed by atoms with Crippen molar-refractivity contribution in [2.45, 2.75) is 33.4 Å². The van der Waals surface area contributed by atoms with Crippen LogP contribution in [0.2, 0.25) is 0 Å². The number of aromatic nitrogens is 1. The Morgan fingerprint density at radius 2 is 1.69 bits per heavy atom. The van der Waals surface area contributed by atoms with E-state index in [-0.39, 0.29) is 24.3 Å². The van der Waals surface area contributed by atoms with Crippen molar-refractivity contribution in [3.05, 3.63) is 117 Å². The van der Waals surface area contributed by atoms with Gasteiger partial charge >= 0.3 is 11.9 Å². The smallest absolute Gasteiger partial charge is 0.343 e.